The molecule has 0 aromatic carbocycles. The zero-order valence-corrected chi connectivity index (χ0v) is 22.3. The Morgan fingerprint density at radius 3 is 2.40 bits per heavy atom. The number of piperazine rings is 1. The Morgan fingerprint density at radius 1 is 1.06 bits per heavy atom. The minimum atomic E-state index is -0.256. The first kappa shape index (κ1) is 25.4. The second kappa shape index (κ2) is 10.5. The molecular weight excluding hydrogens is 436 g/mol. The van der Waals surface area contributed by atoms with Crippen LogP contribution in [0.1, 0.15) is 80.8 Å². The number of aromatic nitrogens is 2. The number of ether oxygens (including phenoxy) is 1. The van der Waals surface area contributed by atoms with Crippen LogP contribution < -0.4 is 0 Å². The quantitative estimate of drug-likeness (QED) is 0.410. The zero-order chi connectivity index (χ0) is 25.3. The molecule has 1 unspecified atom stereocenters. The molecule has 0 N–H and O–H groups in total. The number of rotatable bonds is 7. The third-order valence-corrected chi connectivity index (χ3v) is 7.30. The number of esters is 1. The van der Waals surface area contributed by atoms with E-state index in [-0.39, 0.29) is 18.1 Å². The summed E-state index contributed by atoms with van der Waals surface area (Å²) in [6, 6.07) is 8.57. The molecule has 0 amide bonds. The highest BCUT2D eigenvalue weighted by molar-refractivity contribution is 5.95. The molecule has 1 aliphatic rings. The first-order valence-electron chi connectivity index (χ1n) is 13.0. The van der Waals surface area contributed by atoms with Gasteiger partial charge in [-0.3, -0.25) is 9.88 Å². The van der Waals surface area contributed by atoms with Crippen molar-refractivity contribution in [3.63, 3.8) is 0 Å². The van der Waals surface area contributed by atoms with Gasteiger partial charge < -0.3 is 14.0 Å². The second-order valence-corrected chi connectivity index (χ2v) is 10.3. The van der Waals surface area contributed by atoms with Crippen LogP contribution in [0, 0.1) is 6.92 Å². The minimum Gasteiger partial charge on any atom is -0.459 e. The van der Waals surface area contributed by atoms with Gasteiger partial charge >= 0.3 is 5.97 Å². The van der Waals surface area contributed by atoms with E-state index < -0.39 is 0 Å². The maximum atomic E-state index is 13.2. The lowest BCUT2D eigenvalue weighted by Crippen LogP contribution is -2.47. The summed E-state index contributed by atoms with van der Waals surface area (Å²) in [6.45, 7) is 19.9. The Hall–Kier alpha value is -2.70. The van der Waals surface area contributed by atoms with E-state index in [0.717, 1.165) is 66.3 Å². The highest BCUT2D eigenvalue weighted by Crippen LogP contribution is 2.34. The summed E-state index contributed by atoms with van der Waals surface area (Å²) in [5.41, 5.74) is 7.13. The Bertz CT molecular complexity index is 1190. The van der Waals surface area contributed by atoms with Crippen molar-refractivity contribution in [3.8, 4) is 11.1 Å². The Labute approximate surface area is 209 Å². The van der Waals surface area contributed by atoms with E-state index >= 15 is 0 Å². The van der Waals surface area contributed by atoms with Gasteiger partial charge in [0.25, 0.3) is 0 Å². The fourth-order valence-corrected chi connectivity index (χ4v) is 5.19. The summed E-state index contributed by atoms with van der Waals surface area (Å²) in [4.78, 5) is 22.8. The van der Waals surface area contributed by atoms with Crippen LogP contribution >= 0.6 is 0 Å². The van der Waals surface area contributed by atoms with Crippen LogP contribution in [0.5, 0.6) is 0 Å². The Kier molecular flexibility index (Phi) is 7.62. The topological polar surface area (TPSA) is 50.1 Å². The van der Waals surface area contributed by atoms with Crippen molar-refractivity contribution >= 4 is 11.5 Å². The summed E-state index contributed by atoms with van der Waals surface area (Å²) in [7, 11) is 0. The number of hydrogen-bond donors (Lipinski definition) is 0. The molecule has 188 valence electrons. The molecular formula is C29H40N4O2. The Balaban J connectivity index is 1.86. The van der Waals surface area contributed by atoms with Crippen LogP contribution in [0.3, 0.4) is 0 Å². The highest BCUT2D eigenvalue weighted by Gasteiger charge is 2.27. The molecule has 6 nitrogen and oxygen atoms in total. The molecule has 3 aromatic rings. The molecule has 4 heterocycles. The lowest BCUT2D eigenvalue weighted by Gasteiger charge is -2.38. The van der Waals surface area contributed by atoms with Crippen molar-refractivity contribution in [1.82, 2.24) is 19.2 Å². The normalized spacial score (nSPS) is 16.4. The number of hydrogen-bond acceptors (Lipinski definition) is 5. The molecule has 1 atom stereocenters. The third-order valence-electron chi connectivity index (χ3n) is 7.30. The molecule has 0 radical (unpaired) electrons. The first-order valence-corrected chi connectivity index (χ1v) is 13.0. The summed E-state index contributed by atoms with van der Waals surface area (Å²) >= 11 is 0. The van der Waals surface area contributed by atoms with Gasteiger partial charge in [-0.05, 0) is 75.5 Å². The van der Waals surface area contributed by atoms with E-state index in [1.807, 2.05) is 26.1 Å². The van der Waals surface area contributed by atoms with Crippen molar-refractivity contribution in [2.75, 3.05) is 32.7 Å². The molecule has 4 rings (SSSR count). The van der Waals surface area contributed by atoms with Crippen LogP contribution in [0.15, 0.2) is 36.7 Å². The predicted octanol–water partition coefficient (Wildman–Crippen LogP) is 5.70. The average molecular weight is 477 g/mol. The molecule has 0 aliphatic carbocycles. The van der Waals surface area contributed by atoms with Gasteiger partial charge in [0.2, 0.25) is 0 Å². The average Bonchev–Trinajstić information content (AvgIpc) is 3.26. The van der Waals surface area contributed by atoms with Gasteiger partial charge in [-0.15, -0.1) is 0 Å². The standard InChI is InChI=1S/C29H40N4O2/c1-8-31-13-15-32(16-14-31)22(7)28-21(6)25(29(34)35-20(4)5)18-27-24(10-12-33(27)28)23-9-11-30-26(17-23)19(2)3/h9-12,17-20,22H,8,13-16H2,1-7H3. The molecule has 0 spiro atoms. The van der Waals surface area contributed by atoms with Crippen LogP contribution in [-0.4, -0.2) is 64.0 Å². The zero-order valence-electron chi connectivity index (χ0n) is 22.3. The minimum absolute atomic E-state index is 0.166. The van der Waals surface area contributed by atoms with Crippen LogP contribution in [0.25, 0.3) is 16.6 Å². The predicted molar refractivity (Wildman–Crippen MR) is 142 cm³/mol. The van der Waals surface area contributed by atoms with E-state index in [2.05, 4.69) is 78.2 Å². The van der Waals surface area contributed by atoms with Crippen molar-refractivity contribution in [2.24, 2.45) is 0 Å². The van der Waals surface area contributed by atoms with Gasteiger partial charge in [0.1, 0.15) is 0 Å². The first-order chi connectivity index (χ1) is 16.7. The van der Waals surface area contributed by atoms with Crippen LogP contribution in [0.2, 0.25) is 0 Å². The number of likely N-dealkylation sites (N-methyl/N-ethyl adjacent to an activating group) is 1. The number of nitrogens with zero attached hydrogens (tertiary/aromatic N) is 4. The lowest BCUT2D eigenvalue weighted by atomic mass is 9.98. The van der Waals surface area contributed by atoms with E-state index in [4.69, 9.17) is 4.74 Å². The van der Waals surface area contributed by atoms with Gasteiger partial charge in [-0.2, -0.15) is 0 Å². The lowest BCUT2D eigenvalue weighted by molar-refractivity contribution is 0.0376. The van der Waals surface area contributed by atoms with Gasteiger partial charge in [0.05, 0.1) is 17.2 Å². The third kappa shape index (κ3) is 5.14. The van der Waals surface area contributed by atoms with Crippen molar-refractivity contribution < 1.29 is 9.53 Å². The molecule has 1 saturated heterocycles. The maximum absolute atomic E-state index is 13.2. The number of pyridine rings is 2. The molecule has 3 aromatic heterocycles. The molecule has 1 fully saturated rings. The summed E-state index contributed by atoms with van der Waals surface area (Å²) in [5.74, 6) is 0.0917. The number of fused-ring (bicyclic) bond motifs is 1. The molecule has 1 aliphatic heterocycles. The number of carbonyl (C=O) groups excluding carboxylic acids is 1. The van der Waals surface area contributed by atoms with E-state index in [1.54, 1.807) is 0 Å². The summed E-state index contributed by atoms with van der Waals surface area (Å²) in [6.07, 6.45) is 3.87. The number of carbonyl (C=O) groups is 1. The largest absolute Gasteiger partial charge is 0.459 e. The van der Waals surface area contributed by atoms with Gasteiger partial charge in [-0.25, -0.2) is 4.79 Å². The summed E-state index contributed by atoms with van der Waals surface area (Å²) < 4.78 is 7.95. The van der Waals surface area contributed by atoms with E-state index in [1.165, 1.54) is 0 Å². The molecule has 6 heteroatoms. The smallest absolute Gasteiger partial charge is 0.338 e. The van der Waals surface area contributed by atoms with Crippen molar-refractivity contribution in [2.45, 2.75) is 66.5 Å². The monoisotopic (exact) mass is 476 g/mol. The van der Waals surface area contributed by atoms with Crippen LogP contribution in [0.4, 0.5) is 0 Å². The van der Waals surface area contributed by atoms with E-state index in [9.17, 15) is 4.79 Å². The molecule has 0 saturated carbocycles. The van der Waals surface area contributed by atoms with Gasteiger partial charge in [0.15, 0.2) is 0 Å². The highest BCUT2D eigenvalue weighted by atomic mass is 16.5. The maximum Gasteiger partial charge on any atom is 0.338 e. The van der Waals surface area contributed by atoms with Crippen molar-refractivity contribution in [1.29, 1.82) is 0 Å². The fourth-order valence-electron chi connectivity index (χ4n) is 5.19. The summed E-state index contributed by atoms with van der Waals surface area (Å²) in [5, 5.41) is 0. The van der Waals surface area contributed by atoms with Crippen molar-refractivity contribution in [3.05, 3.63) is 59.2 Å². The second-order valence-electron chi connectivity index (χ2n) is 10.3. The van der Waals surface area contributed by atoms with E-state index in [0.29, 0.717) is 11.5 Å². The Morgan fingerprint density at radius 2 is 1.77 bits per heavy atom. The van der Waals surface area contributed by atoms with Crippen LogP contribution in [-0.2, 0) is 4.74 Å². The molecule has 35 heavy (non-hydrogen) atoms. The fraction of sp³-hybridized carbons (Fsp3) is 0.517. The SMILES string of the molecule is CCN1CCN(C(C)c2c(C)c(C(=O)OC(C)C)cc3c(-c4ccnc(C(C)C)c4)ccn23)CC1. The molecule has 0 bridgehead atoms. The van der Waals surface area contributed by atoms with Gasteiger partial charge in [-0.1, -0.05) is 20.8 Å². The van der Waals surface area contributed by atoms with Gasteiger partial charge in [0, 0.05) is 61.6 Å².